The number of rotatable bonds is 4. The van der Waals surface area contributed by atoms with E-state index in [0.29, 0.717) is 5.52 Å². The summed E-state index contributed by atoms with van der Waals surface area (Å²) in [5.74, 6) is 0. The number of aromatic nitrogens is 2. The minimum Gasteiger partial charge on any atom is -0.316 e. The van der Waals surface area contributed by atoms with Crippen LogP contribution in [0.5, 0.6) is 0 Å². The Bertz CT molecular complexity index is 1060. The zero-order chi connectivity index (χ0) is 18.1. The van der Waals surface area contributed by atoms with Gasteiger partial charge in [-0.25, -0.2) is 0 Å². The Hall–Kier alpha value is -2.18. The number of nitrogens with zero attached hydrogens (tertiary/aromatic N) is 1. The number of fused-ring (bicyclic) bond motifs is 3. The molecule has 1 aromatic heterocycles. The second kappa shape index (κ2) is 7.21. The van der Waals surface area contributed by atoms with Crippen LogP contribution in [0, 0.1) is 0 Å². The number of aryl methyl sites for hydroxylation is 1. The Morgan fingerprint density at radius 1 is 1.04 bits per heavy atom. The molecule has 4 rings (SSSR count). The monoisotopic (exact) mass is 413 g/mol. The third-order valence-electron chi connectivity index (χ3n) is 5.03. The van der Waals surface area contributed by atoms with Gasteiger partial charge in [-0.1, -0.05) is 46.3 Å². The highest BCUT2D eigenvalue weighted by Gasteiger charge is 2.21. The molecule has 0 saturated heterocycles. The standard InChI is InChI=1S/C20H20BrN3O2/c21-16-11-17-18(23-20(26)19(25)22-17)15-12-24(10-8-14(15)16)9-4-7-13-5-2-1-3-6-13/h1-3,5-6,11H,4,7-10,12H2,(H,22,25)(H,23,26). The highest BCUT2D eigenvalue weighted by atomic mass is 79.9. The van der Waals surface area contributed by atoms with Gasteiger partial charge in [0.05, 0.1) is 11.0 Å². The minimum atomic E-state index is -0.611. The third-order valence-corrected chi connectivity index (χ3v) is 5.74. The van der Waals surface area contributed by atoms with Crippen molar-refractivity contribution in [2.45, 2.75) is 25.8 Å². The van der Waals surface area contributed by atoms with E-state index in [1.54, 1.807) is 0 Å². The fourth-order valence-electron chi connectivity index (χ4n) is 3.69. The van der Waals surface area contributed by atoms with Gasteiger partial charge in [0.2, 0.25) is 0 Å². The van der Waals surface area contributed by atoms with Crippen LogP contribution >= 0.6 is 15.9 Å². The van der Waals surface area contributed by atoms with Gasteiger partial charge < -0.3 is 9.97 Å². The van der Waals surface area contributed by atoms with Gasteiger partial charge in [0.25, 0.3) is 0 Å². The Morgan fingerprint density at radius 2 is 1.81 bits per heavy atom. The topological polar surface area (TPSA) is 69.0 Å². The molecule has 0 amide bonds. The van der Waals surface area contributed by atoms with Crippen LogP contribution in [0.2, 0.25) is 0 Å². The van der Waals surface area contributed by atoms with Crippen molar-refractivity contribution in [2.24, 2.45) is 0 Å². The number of benzene rings is 2. The zero-order valence-electron chi connectivity index (χ0n) is 14.3. The molecule has 0 saturated carbocycles. The lowest BCUT2D eigenvalue weighted by atomic mass is 9.97. The molecule has 0 radical (unpaired) electrons. The van der Waals surface area contributed by atoms with Crippen LogP contribution in [-0.4, -0.2) is 28.0 Å². The second-order valence-electron chi connectivity index (χ2n) is 6.76. The van der Waals surface area contributed by atoms with Gasteiger partial charge in [0.15, 0.2) is 0 Å². The molecule has 1 aliphatic heterocycles. The highest BCUT2D eigenvalue weighted by molar-refractivity contribution is 9.10. The summed E-state index contributed by atoms with van der Waals surface area (Å²) in [4.78, 5) is 31.3. The predicted molar refractivity (Wildman–Crippen MR) is 107 cm³/mol. The molecule has 0 unspecified atom stereocenters. The maximum atomic E-state index is 11.8. The fraction of sp³-hybridized carbons (Fsp3) is 0.300. The quantitative estimate of drug-likeness (QED) is 0.645. The third kappa shape index (κ3) is 3.39. The molecule has 5 nitrogen and oxygen atoms in total. The lowest BCUT2D eigenvalue weighted by Gasteiger charge is -2.30. The maximum Gasteiger partial charge on any atom is 0.314 e. The molecule has 0 spiro atoms. The second-order valence-corrected chi connectivity index (χ2v) is 7.62. The van der Waals surface area contributed by atoms with Crippen LogP contribution < -0.4 is 11.1 Å². The Morgan fingerprint density at radius 3 is 2.62 bits per heavy atom. The molecule has 2 heterocycles. The SMILES string of the molecule is O=c1[nH]c2cc(Br)c3c(c2[nH]c1=O)CN(CCCc1ccccc1)CC3. The molecule has 26 heavy (non-hydrogen) atoms. The first kappa shape index (κ1) is 17.2. The summed E-state index contributed by atoms with van der Waals surface area (Å²) in [6, 6.07) is 12.4. The maximum absolute atomic E-state index is 11.8. The van der Waals surface area contributed by atoms with E-state index in [1.165, 1.54) is 11.1 Å². The van der Waals surface area contributed by atoms with Crippen LogP contribution in [0.1, 0.15) is 23.1 Å². The van der Waals surface area contributed by atoms with Gasteiger partial charge >= 0.3 is 11.1 Å². The van der Waals surface area contributed by atoms with E-state index in [1.807, 2.05) is 12.1 Å². The summed E-state index contributed by atoms with van der Waals surface area (Å²) in [6.07, 6.45) is 3.09. The van der Waals surface area contributed by atoms with Gasteiger partial charge in [-0.2, -0.15) is 0 Å². The molecule has 2 N–H and O–H groups in total. The summed E-state index contributed by atoms with van der Waals surface area (Å²) in [5, 5.41) is 0. The lowest BCUT2D eigenvalue weighted by molar-refractivity contribution is 0.252. The molecule has 2 aromatic carbocycles. The van der Waals surface area contributed by atoms with Crippen molar-refractivity contribution in [1.29, 1.82) is 0 Å². The summed E-state index contributed by atoms with van der Waals surface area (Å²) in [5.41, 5.74) is 3.91. The van der Waals surface area contributed by atoms with Crippen molar-refractivity contribution in [3.63, 3.8) is 0 Å². The Kier molecular flexibility index (Phi) is 4.78. The average molecular weight is 414 g/mol. The number of hydrogen-bond donors (Lipinski definition) is 2. The molecule has 0 fully saturated rings. The fourth-order valence-corrected chi connectivity index (χ4v) is 4.36. The molecule has 3 aromatic rings. The summed E-state index contributed by atoms with van der Waals surface area (Å²) in [7, 11) is 0. The Labute approximate surface area is 159 Å². The van der Waals surface area contributed by atoms with E-state index in [9.17, 15) is 9.59 Å². The van der Waals surface area contributed by atoms with Gasteiger partial charge in [-0.15, -0.1) is 0 Å². The normalized spacial score (nSPS) is 14.5. The van der Waals surface area contributed by atoms with Crippen molar-refractivity contribution < 1.29 is 0 Å². The number of nitrogens with one attached hydrogen (secondary N) is 2. The van der Waals surface area contributed by atoms with E-state index in [-0.39, 0.29) is 0 Å². The molecule has 1 aliphatic rings. The van der Waals surface area contributed by atoms with Crippen molar-refractivity contribution in [3.05, 3.63) is 78.3 Å². The molecule has 0 bridgehead atoms. The summed E-state index contributed by atoms with van der Waals surface area (Å²) in [6.45, 7) is 2.79. The highest BCUT2D eigenvalue weighted by Crippen LogP contribution is 2.31. The van der Waals surface area contributed by atoms with Gasteiger partial charge in [-0.3, -0.25) is 14.5 Å². The number of aromatic amines is 2. The summed E-state index contributed by atoms with van der Waals surface area (Å²) >= 11 is 3.62. The molecule has 0 atom stereocenters. The molecule has 134 valence electrons. The van der Waals surface area contributed by atoms with Crippen molar-refractivity contribution in [2.75, 3.05) is 13.1 Å². The van der Waals surface area contributed by atoms with Gasteiger partial charge in [0.1, 0.15) is 0 Å². The van der Waals surface area contributed by atoms with Crippen molar-refractivity contribution in [1.82, 2.24) is 14.9 Å². The number of halogens is 1. The first-order valence-corrected chi connectivity index (χ1v) is 9.64. The van der Waals surface area contributed by atoms with E-state index in [0.717, 1.165) is 54.4 Å². The Balaban J connectivity index is 1.56. The predicted octanol–water partition coefficient (Wildman–Crippen LogP) is 2.97. The smallest absolute Gasteiger partial charge is 0.314 e. The van der Waals surface area contributed by atoms with E-state index < -0.39 is 11.1 Å². The van der Waals surface area contributed by atoms with E-state index in [4.69, 9.17) is 0 Å². The van der Waals surface area contributed by atoms with Crippen LogP contribution in [0.3, 0.4) is 0 Å². The number of hydrogen-bond acceptors (Lipinski definition) is 3. The van der Waals surface area contributed by atoms with Crippen molar-refractivity contribution >= 4 is 27.0 Å². The van der Waals surface area contributed by atoms with E-state index >= 15 is 0 Å². The van der Waals surface area contributed by atoms with Crippen LogP contribution in [0.25, 0.3) is 11.0 Å². The van der Waals surface area contributed by atoms with Gasteiger partial charge in [-0.05, 0) is 48.6 Å². The van der Waals surface area contributed by atoms with Crippen LogP contribution in [0.15, 0.2) is 50.5 Å². The first-order chi connectivity index (χ1) is 12.6. The minimum absolute atomic E-state index is 0.594. The molecule has 0 aliphatic carbocycles. The van der Waals surface area contributed by atoms with Crippen LogP contribution in [0.4, 0.5) is 0 Å². The molecular formula is C20H20BrN3O2. The number of H-pyrrole nitrogens is 2. The van der Waals surface area contributed by atoms with Crippen molar-refractivity contribution in [3.8, 4) is 0 Å². The first-order valence-electron chi connectivity index (χ1n) is 8.84. The lowest BCUT2D eigenvalue weighted by Crippen LogP contribution is -2.34. The van der Waals surface area contributed by atoms with E-state index in [2.05, 4.69) is 55.1 Å². The zero-order valence-corrected chi connectivity index (χ0v) is 15.9. The average Bonchev–Trinajstić information content (AvgIpc) is 2.64. The molecular weight excluding hydrogens is 394 g/mol. The van der Waals surface area contributed by atoms with Crippen LogP contribution in [-0.2, 0) is 19.4 Å². The van der Waals surface area contributed by atoms with Gasteiger partial charge in [0, 0.05) is 17.6 Å². The summed E-state index contributed by atoms with van der Waals surface area (Å²) < 4.78 is 0.992. The molecule has 6 heteroatoms. The largest absolute Gasteiger partial charge is 0.316 e.